The van der Waals surface area contributed by atoms with E-state index in [9.17, 15) is 18.0 Å². The molecule has 43 heavy (non-hydrogen) atoms. The quantitative estimate of drug-likeness (QED) is 0.318. The molecular weight excluding hydrogens is 579 g/mol. The first kappa shape index (κ1) is 29.6. The summed E-state index contributed by atoms with van der Waals surface area (Å²) in [7, 11) is 0. The second kappa shape index (κ2) is 11.5. The Morgan fingerprint density at radius 3 is 2.74 bits per heavy atom. The zero-order valence-corrected chi connectivity index (χ0v) is 25.1. The number of nitrogens with one attached hydrogen (secondary N) is 2. The lowest BCUT2D eigenvalue weighted by atomic mass is 9.93. The number of hydrogen-bond donors (Lipinski definition) is 2. The Morgan fingerprint density at radius 1 is 1.12 bits per heavy atom. The Balaban J connectivity index is 1.25. The van der Waals surface area contributed by atoms with Gasteiger partial charge in [0.05, 0.1) is 17.6 Å². The van der Waals surface area contributed by atoms with Gasteiger partial charge in [0.25, 0.3) is 5.91 Å². The molecule has 2 fully saturated rings. The molecule has 3 aromatic rings. The van der Waals surface area contributed by atoms with Gasteiger partial charge in [0.2, 0.25) is 5.88 Å². The maximum atomic E-state index is 13.5. The third-order valence-electron chi connectivity index (χ3n) is 8.72. The van der Waals surface area contributed by atoms with Gasteiger partial charge < -0.3 is 15.0 Å². The van der Waals surface area contributed by atoms with Crippen LogP contribution in [0.25, 0.3) is 5.82 Å². The molecule has 4 bridgehead atoms. The Morgan fingerprint density at radius 2 is 1.95 bits per heavy atom. The fourth-order valence-electron chi connectivity index (χ4n) is 6.09. The summed E-state index contributed by atoms with van der Waals surface area (Å²) in [4.78, 5) is 25.3. The van der Waals surface area contributed by atoms with Gasteiger partial charge in [-0.25, -0.2) is 14.6 Å². The van der Waals surface area contributed by atoms with Crippen LogP contribution in [0.5, 0.6) is 5.88 Å². The van der Waals surface area contributed by atoms with E-state index in [2.05, 4.69) is 38.9 Å². The van der Waals surface area contributed by atoms with Crippen molar-refractivity contribution in [2.75, 3.05) is 29.9 Å². The SMILES string of the molecule is CC1(C)CC2CCCCNc3cccc(n3)SNC(=O)c3ccc(-n4ccc(OCCC5(C(F)(F)F)CC5)n4)nc3N1C2. The largest absolute Gasteiger partial charge is 0.477 e. The monoisotopic (exact) mass is 615 g/mol. The van der Waals surface area contributed by atoms with Gasteiger partial charge in [-0.3, -0.25) is 9.52 Å². The molecule has 1 saturated heterocycles. The number of nitrogens with zero attached hydrogens (tertiary/aromatic N) is 5. The molecule has 1 aliphatic carbocycles. The molecule has 6 rings (SSSR count). The van der Waals surface area contributed by atoms with Gasteiger partial charge in [0.15, 0.2) is 5.82 Å². The normalized spacial score (nSPS) is 21.5. The van der Waals surface area contributed by atoms with Gasteiger partial charge in [-0.2, -0.15) is 13.2 Å². The molecule has 1 saturated carbocycles. The molecular formula is C30H36F3N7O2S. The van der Waals surface area contributed by atoms with Crippen LogP contribution in [0.2, 0.25) is 0 Å². The van der Waals surface area contributed by atoms with E-state index in [1.54, 1.807) is 24.4 Å². The van der Waals surface area contributed by atoms with Crippen molar-refractivity contribution in [1.29, 1.82) is 0 Å². The second-order valence-corrected chi connectivity index (χ2v) is 13.2. The van der Waals surface area contributed by atoms with E-state index in [4.69, 9.17) is 9.72 Å². The average molecular weight is 616 g/mol. The maximum Gasteiger partial charge on any atom is 0.394 e. The van der Waals surface area contributed by atoms with Crippen LogP contribution >= 0.6 is 11.9 Å². The molecule has 1 unspecified atom stereocenters. The number of alkyl halides is 3. The predicted molar refractivity (Wildman–Crippen MR) is 159 cm³/mol. The lowest BCUT2D eigenvalue weighted by Gasteiger charge is -2.34. The first-order valence-electron chi connectivity index (χ1n) is 14.8. The van der Waals surface area contributed by atoms with Crippen molar-refractivity contribution in [1.82, 2.24) is 24.5 Å². The minimum atomic E-state index is -4.21. The topological polar surface area (TPSA) is 97.2 Å². The van der Waals surface area contributed by atoms with Crippen LogP contribution in [0, 0.1) is 11.3 Å². The van der Waals surface area contributed by atoms with Crippen LogP contribution in [-0.2, 0) is 0 Å². The highest BCUT2D eigenvalue weighted by molar-refractivity contribution is 7.97. The van der Waals surface area contributed by atoms with Crippen molar-refractivity contribution in [3.05, 3.63) is 48.2 Å². The highest BCUT2D eigenvalue weighted by atomic mass is 32.2. The van der Waals surface area contributed by atoms with Gasteiger partial charge in [-0.15, -0.1) is 5.10 Å². The lowest BCUT2D eigenvalue weighted by Crippen LogP contribution is -2.40. The zero-order valence-electron chi connectivity index (χ0n) is 24.3. The van der Waals surface area contributed by atoms with Crippen molar-refractivity contribution < 1.29 is 22.7 Å². The van der Waals surface area contributed by atoms with Gasteiger partial charge in [0.1, 0.15) is 16.7 Å². The highest BCUT2D eigenvalue weighted by Crippen LogP contribution is 2.59. The van der Waals surface area contributed by atoms with Gasteiger partial charge in [0, 0.05) is 42.8 Å². The number of amides is 1. The number of ether oxygens (including phenoxy) is 1. The predicted octanol–water partition coefficient (Wildman–Crippen LogP) is 6.41. The summed E-state index contributed by atoms with van der Waals surface area (Å²) in [5, 5.41) is 8.47. The number of aromatic nitrogens is 4. The highest BCUT2D eigenvalue weighted by Gasteiger charge is 2.62. The van der Waals surface area contributed by atoms with E-state index >= 15 is 0 Å². The Kier molecular flexibility index (Phi) is 7.95. The molecule has 0 aromatic carbocycles. The Hall–Kier alpha value is -3.48. The van der Waals surface area contributed by atoms with Crippen LogP contribution in [0.15, 0.2) is 47.6 Å². The summed E-state index contributed by atoms with van der Waals surface area (Å²) in [6.45, 7) is 5.90. The van der Waals surface area contributed by atoms with Crippen LogP contribution in [0.3, 0.4) is 0 Å². The first-order chi connectivity index (χ1) is 20.5. The minimum absolute atomic E-state index is 0.0663. The van der Waals surface area contributed by atoms with Crippen molar-refractivity contribution in [2.45, 2.75) is 75.5 Å². The summed E-state index contributed by atoms with van der Waals surface area (Å²) < 4.78 is 49.9. The molecule has 3 aromatic heterocycles. The molecule has 1 atom stereocenters. The van der Waals surface area contributed by atoms with Crippen molar-refractivity contribution >= 4 is 29.5 Å². The lowest BCUT2D eigenvalue weighted by molar-refractivity contribution is -0.190. The maximum absolute atomic E-state index is 13.5. The zero-order chi connectivity index (χ0) is 30.2. The van der Waals surface area contributed by atoms with Crippen LogP contribution in [0.1, 0.15) is 69.2 Å². The molecule has 13 heteroatoms. The molecule has 5 heterocycles. The number of carbonyl (C=O) groups is 1. The summed E-state index contributed by atoms with van der Waals surface area (Å²) in [5.74, 6) is 2.23. The van der Waals surface area contributed by atoms with Gasteiger partial charge >= 0.3 is 6.18 Å². The summed E-state index contributed by atoms with van der Waals surface area (Å²) >= 11 is 1.15. The second-order valence-electron chi connectivity index (χ2n) is 12.3. The van der Waals surface area contributed by atoms with Gasteiger partial charge in [-0.1, -0.05) is 12.5 Å². The van der Waals surface area contributed by atoms with Gasteiger partial charge in [-0.05, 0) is 82.6 Å². The number of rotatable bonds is 5. The van der Waals surface area contributed by atoms with Crippen LogP contribution in [-0.4, -0.2) is 57.1 Å². The van der Waals surface area contributed by atoms with Crippen LogP contribution in [0.4, 0.5) is 24.8 Å². The van der Waals surface area contributed by atoms with E-state index in [-0.39, 0.29) is 43.2 Å². The molecule has 9 nitrogen and oxygen atoms in total. The third kappa shape index (κ3) is 6.41. The summed E-state index contributed by atoms with van der Waals surface area (Å²) in [6.07, 6.45) is 1.82. The molecule has 2 aliphatic heterocycles. The molecule has 0 spiro atoms. The Labute approximate surface area is 253 Å². The fraction of sp³-hybridized carbons (Fsp3) is 0.533. The van der Waals surface area contributed by atoms with E-state index in [0.717, 1.165) is 56.5 Å². The molecule has 0 radical (unpaired) electrons. The number of fused-ring (bicyclic) bond motifs is 6. The van der Waals surface area contributed by atoms with Crippen LogP contribution < -0.4 is 19.7 Å². The first-order valence-corrected chi connectivity index (χ1v) is 15.6. The van der Waals surface area contributed by atoms with E-state index in [1.165, 1.54) is 4.68 Å². The number of pyridine rings is 2. The fourth-order valence-corrected chi connectivity index (χ4v) is 6.69. The number of carbonyl (C=O) groups excluding carboxylic acids is 1. The standard InChI is InChI=1S/C30H36F3N7O2S/c1-28(2)18-20-6-3-4-15-34-22-7-5-8-25(35-22)43-38-27(41)21-9-10-23(36-26(21)39(28)19-20)40-16-11-24(37-40)42-17-14-29(12-13-29)30(31,32)33/h5,7-11,16,20H,3-4,6,12-15,17-19H2,1-2H3,(H,34,35)(H,38,41). The number of hydrogen-bond acceptors (Lipinski definition) is 8. The summed E-state index contributed by atoms with van der Waals surface area (Å²) in [5.41, 5.74) is -1.40. The molecule has 2 N–H and O–H groups in total. The smallest absolute Gasteiger partial charge is 0.394 e. The van der Waals surface area contributed by atoms with E-state index in [0.29, 0.717) is 28.1 Å². The average Bonchev–Trinajstić information content (AvgIpc) is 3.52. The van der Waals surface area contributed by atoms with Crippen molar-refractivity contribution in [3.63, 3.8) is 0 Å². The third-order valence-corrected chi connectivity index (χ3v) is 9.45. The van der Waals surface area contributed by atoms with Crippen molar-refractivity contribution in [2.24, 2.45) is 11.3 Å². The summed E-state index contributed by atoms with van der Waals surface area (Å²) in [6, 6.07) is 10.7. The van der Waals surface area contributed by atoms with E-state index < -0.39 is 11.6 Å². The number of halogens is 3. The van der Waals surface area contributed by atoms with Crippen molar-refractivity contribution in [3.8, 4) is 11.7 Å². The van der Waals surface area contributed by atoms with E-state index in [1.807, 2.05) is 18.2 Å². The Bertz CT molecular complexity index is 1470. The molecule has 3 aliphatic rings. The molecule has 230 valence electrons. The number of anilines is 2. The minimum Gasteiger partial charge on any atom is -0.477 e. The molecule has 1 amide bonds.